The number of benzene rings is 1. The smallest absolute Gasteiger partial charge is 0.399 e. The lowest BCUT2D eigenvalue weighted by molar-refractivity contribution is -0.129. The van der Waals surface area contributed by atoms with Crippen LogP contribution < -0.4 is 10.4 Å². The molecule has 25 heavy (non-hydrogen) atoms. The van der Waals surface area contributed by atoms with E-state index in [0.717, 1.165) is 0 Å². The summed E-state index contributed by atoms with van der Waals surface area (Å²) in [6.45, 7) is 12.0. The van der Waals surface area contributed by atoms with E-state index in [1.165, 1.54) is 6.07 Å². The van der Waals surface area contributed by atoms with Crippen LogP contribution in [-0.4, -0.2) is 55.3 Å². The summed E-state index contributed by atoms with van der Waals surface area (Å²) >= 11 is 0. The number of halogens is 1. The Morgan fingerprint density at radius 2 is 1.64 bits per heavy atom. The molecule has 2 fully saturated rings. The summed E-state index contributed by atoms with van der Waals surface area (Å²) in [5, 5.41) is 0. The average Bonchev–Trinajstić information content (AvgIpc) is 2.75. The van der Waals surface area contributed by atoms with Gasteiger partial charge < -0.3 is 19.1 Å². The summed E-state index contributed by atoms with van der Waals surface area (Å²) in [7, 11) is -0.567. The third-order valence-electron chi connectivity index (χ3n) is 5.56. The Morgan fingerprint density at radius 3 is 2.12 bits per heavy atom. The van der Waals surface area contributed by atoms with Gasteiger partial charge in [0.15, 0.2) is 0 Å². The van der Waals surface area contributed by atoms with E-state index < -0.39 is 18.3 Å². The minimum absolute atomic E-state index is 0.0660. The van der Waals surface area contributed by atoms with Gasteiger partial charge in [-0.3, -0.25) is 4.79 Å². The van der Waals surface area contributed by atoms with Crippen LogP contribution in [0.3, 0.4) is 0 Å². The molecule has 0 spiro atoms. The van der Waals surface area contributed by atoms with Gasteiger partial charge in [-0.1, -0.05) is 6.07 Å². The van der Waals surface area contributed by atoms with Gasteiger partial charge in [-0.2, -0.15) is 0 Å². The molecule has 0 aliphatic carbocycles. The topological polar surface area (TPSA) is 42.0 Å². The quantitative estimate of drug-likeness (QED) is 0.765. The number of anilines is 1. The molecule has 136 valence electrons. The number of piperazine rings is 1. The fraction of sp³-hybridized carbons (Fsp3) is 0.611. The first-order valence-corrected chi connectivity index (χ1v) is 8.76. The third kappa shape index (κ3) is 3.40. The van der Waals surface area contributed by atoms with Crippen molar-refractivity contribution in [3.05, 3.63) is 24.0 Å². The summed E-state index contributed by atoms with van der Waals surface area (Å²) in [5.41, 5.74) is 0.344. The molecule has 2 aliphatic rings. The molecule has 0 atom stereocenters. The maximum atomic E-state index is 14.7. The van der Waals surface area contributed by atoms with Crippen molar-refractivity contribution < 1.29 is 18.5 Å². The highest BCUT2D eigenvalue weighted by atomic mass is 19.1. The van der Waals surface area contributed by atoms with E-state index in [9.17, 15) is 9.18 Å². The van der Waals surface area contributed by atoms with Crippen molar-refractivity contribution in [2.45, 2.75) is 45.8 Å². The molecule has 0 radical (unpaired) electrons. The summed E-state index contributed by atoms with van der Waals surface area (Å²) in [4.78, 5) is 15.2. The van der Waals surface area contributed by atoms with Crippen LogP contribution in [0.25, 0.3) is 0 Å². The fourth-order valence-corrected chi connectivity index (χ4v) is 3.17. The Bertz CT molecular complexity index is 656. The maximum absolute atomic E-state index is 14.7. The summed E-state index contributed by atoms with van der Waals surface area (Å²) < 4.78 is 26.7. The van der Waals surface area contributed by atoms with E-state index >= 15 is 0 Å². The zero-order valence-corrected chi connectivity index (χ0v) is 15.6. The molecular formula is C18H26BFN2O3. The predicted molar refractivity (Wildman–Crippen MR) is 96.6 cm³/mol. The normalized spacial score (nSPS) is 22.4. The van der Waals surface area contributed by atoms with Crippen molar-refractivity contribution in [2.24, 2.45) is 0 Å². The molecule has 2 heterocycles. The molecule has 1 aromatic rings. The minimum Gasteiger partial charge on any atom is -0.399 e. The third-order valence-corrected chi connectivity index (χ3v) is 5.56. The van der Waals surface area contributed by atoms with Gasteiger partial charge in [0.25, 0.3) is 0 Å². The molecule has 2 saturated heterocycles. The lowest BCUT2D eigenvalue weighted by Gasteiger charge is -2.35. The number of amides is 1. The van der Waals surface area contributed by atoms with Gasteiger partial charge in [0.1, 0.15) is 5.82 Å². The van der Waals surface area contributed by atoms with Crippen molar-refractivity contribution >= 4 is 24.2 Å². The number of carbonyl (C=O) groups is 1. The average molecular weight is 348 g/mol. The maximum Gasteiger partial charge on any atom is 0.494 e. The van der Waals surface area contributed by atoms with Gasteiger partial charge in [0.05, 0.1) is 16.9 Å². The number of nitrogens with zero attached hydrogens (tertiary/aromatic N) is 2. The van der Waals surface area contributed by atoms with Crippen molar-refractivity contribution in [3.63, 3.8) is 0 Å². The van der Waals surface area contributed by atoms with Gasteiger partial charge in [0, 0.05) is 33.1 Å². The molecule has 1 amide bonds. The van der Waals surface area contributed by atoms with Crippen molar-refractivity contribution in [2.75, 3.05) is 31.1 Å². The Labute approximate surface area is 149 Å². The molecule has 5 nitrogen and oxygen atoms in total. The molecular weight excluding hydrogens is 322 g/mol. The molecule has 0 saturated carbocycles. The Hall–Kier alpha value is -1.60. The zero-order chi connectivity index (χ0) is 18.4. The number of hydrogen-bond donors (Lipinski definition) is 0. The predicted octanol–water partition coefficient (Wildman–Crippen LogP) is 1.79. The Morgan fingerprint density at radius 1 is 1.08 bits per heavy atom. The Balaban J connectivity index is 1.73. The van der Waals surface area contributed by atoms with Crippen molar-refractivity contribution in [1.82, 2.24) is 4.90 Å². The van der Waals surface area contributed by atoms with Gasteiger partial charge in [-0.25, -0.2) is 4.39 Å². The van der Waals surface area contributed by atoms with Crippen LogP contribution in [0.15, 0.2) is 18.2 Å². The van der Waals surface area contributed by atoms with Crippen molar-refractivity contribution in [1.29, 1.82) is 0 Å². The largest absolute Gasteiger partial charge is 0.494 e. The van der Waals surface area contributed by atoms with E-state index in [0.29, 0.717) is 37.3 Å². The van der Waals surface area contributed by atoms with E-state index in [1.807, 2.05) is 38.7 Å². The van der Waals surface area contributed by atoms with Crippen LogP contribution in [0.5, 0.6) is 0 Å². The van der Waals surface area contributed by atoms with Crippen LogP contribution in [-0.2, 0) is 14.1 Å². The molecule has 0 unspecified atom stereocenters. The number of hydrogen-bond acceptors (Lipinski definition) is 4. The number of carbonyl (C=O) groups excluding carboxylic acids is 1. The van der Waals surface area contributed by atoms with Gasteiger partial charge in [0.2, 0.25) is 5.91 Å². The molecule has 0 aromatic heterocycles. The second-order valence-corrected chi connectivity index (χ2v) is 7.79. The van der Waals surface area contributed by atoms with Gasteiger partial charge in [-0.05, 0) is 45.3 Å². The van der Waals surface area contributed by atoms with Gasteiger partial charge >= 0.3 is 7.12 Å². The van der Waals surface area contributed by atoms with Crippen LogP contribution in [0.4, 0.5) is 10.1 Å². The highest BCUT2D eigenvalue weighted by Crippen LogP contribution is 2.36. The SMILES string of the molecule is CC(=O)N1CCN(c2ccc(B3OC(C)(C)C(C)(C)O3)cc2F)CC1. The van der Waals surface area contributed by atoms with Crippen molar-refractivity contribution in [3.8, 4) is 0 Å². The number of rotatable bonds is 2. The first kappa shape index (κ1) is 18.2. The van der Waals surface area contributed by atoms with E-state index in [2.05, 4.69) is 0 Å². The highest BCUT2D eigenvalue weighted by Gasteiger charge is 2.51. The molecule has 3 rings (SSSR count). The second kappa shape index (κ2) is 6.29. The summed E-state index contributed by atoms with van der Waals surface area (Å²) in [5.74, 6) is -0.222. The summed E-state index contributed by atoms with van der Waals surface area (Å²) in [6.07, 6.45) is 0. The first-order valence-electron chi connectivity index (χ1n) is 8.76. The molecule has 2 aliphatic heterocycles. The summed E-state index contributed by atoms with van der Waals surface area (Å²) in [6, 6.07) is 5.13. The van der Waals surface area contributed by atoms with E-state index in [4.69, 9.17) is 9.31 Å². The van der Waals surface area contributed by atoms with Crippen LogP contribution >= 0.6 is 0 Å². The second-order valence-electron chi connectivity index (χ2n) is 7.79. The fourth-order valence-electron chi connectivity index (χ4n) is 3.17. The molecule has 7 heteroatoms. The standard InChI is InChI=1S/C18H26BFN2O3/c1-13(23)21-8-10-22(11-9-21)16-7-6-14(12-15(16)20)19-24-17(2,3)18(4,5)25-19/h6-7,12H,8-11H2,1-5H3. The van der Waals surface area contributed by atoms with Gasteiger partial charge in [-0.15, -0.1) is 0 Å². The van der Waals surface area contributed by atoms with Crippen LogP contribution in [0.2, 0.25) is 0 Å². The van der Waals surface area contributed by atoms with E-state index in [1.54, 1.807) is 17.9 Å². The zero-order valence-electron chi connectivity index (χ0n) is 15.6. The lowest BCUT2D eigenvalue weighted by Crippen LogP contribution is -2.48. The first-order chi connectivity index (χ1) is 11.6. The lowest BCUT2D eigenvalue weighted by atomic mass is 9.79. The molecule has 1 aromatic carbocycles. The Kier molecular flexibility index (Phi) is 4.58. The highest BCUT2D eigenvalue weighted by molar-refractivity contribution is 6.62. The van der Waals surface area contributed by atoms with E-state index in [-0.39, 0.29) is 11.7 Å². The van der Waals surface area contributed by atoms with Crippen LogP contribution in [0.1, 0.15) is 34.6 Å². The molecule has 0 N–H and O–H groups in total. The monoisotopic (exact) mass is 348 g/mol. The minimum atomic E-state index is -0.567. The molecule has 0 bridgehead atoms. The van der Waals surface area contributed by atoms with Crippen LogP contribution in [0, 0.1) is 5.82 Å².